The van der Waals surface area contributed by atoms with Gasteiger partial charge in [-0.15, -0.1) is 0 Å². The highest BCUT2D eigenvalue weighted by Crippen LogP contribution is 2.46. The summed E-state index contributed by atoms with van der Waals surface area (Å²) in [6, 6.07) is 6.51. The number of halogens is 5. The molecule has 0 aliphatic rings. The average Bonchev–Trinajstić information content (AvgIpc) is 2.39. The Morgan fingerprint density at radius 2 is 1.73 bits per heavy atom. The van der Waals surface area contributed by atoms with E-state index < -0.39 is 44.1 Å². The van der Waals surface area contributed by atoms with Gasteiger partial charge in [-0.2, -0.15) is 13.2 Å². The van der Waals surface area contributed by atoms with Gasteiger partial charge in [-0.05, 0) is 34.1 Å². The molecule has 4 nitrogen and oxygen atoms in total. The Balaban J connectivity index is 2.59. The molecule has 0 aliphatic carbocycles. The lowest BCUT2D eigenvalue weighted by molar-refractivity contribution is -0.386. The molecule has 0 heterocycles. The molecule has 0 aliphatic heterocycles. The maximum atomic E-state index is 13.5. The fourth-order valence-electron chi connectivity index (χ4n) is 1.68. The zero-order chi connectivity index (χ0) is 16.5. The van der Waals surface area contributed by atoms with Crippen LogP contribution in [0, 0.1) is 15.9 Å². The Morgan fingerprint density at radius 3 is 2.27 bits per heavy atom. The molecule has 0 aromatic heterocycles. The van der Waals surface area contributed by atoms with E-state index in [9.17, 15) is 27.7 Å². The number of nitro groups is 1. The van der Waals surface area contributed by atoms with Gasteiger partial charge in [-0.1, -0.05) is 12.1 Å². The van der Waals surface area contributed by atoms with Crippen molar-refractivity contribution < 1.29 is 27.2 Å². The Kier molecular flexibility index (Phi) is 4.36. The molecule has 0 fully saturated rings. The van der Waals surface area contributed by atoms with Gasteiger partial charge in [0.2, 0.25) is 0 Å². The summed E-state index contributed by atoms with van der Waals surface area (Å²) < 4.78 is 57.0. The molecule has 116 valence electrons. The summed E-state index contributed by atoms with van der Waals surface area (Å²) >= 11 is 2.56. The number of hydrogen-bond acceptors (Lipinski definition) is 3. The van der Waals surface area contributed by atoms with E-state index in [0.29, 0.717) is 0 Å². The molecule has 0 N–H and O–H groups in total. The highest BCUT2D eigenvalue weighted by Gasteiger charge is 2.40. The molecule has 2 aromatic rings. The number of ether oxygens (including phenoxy) is 1. The third-order valence-electron chi connectivity index (χ3n) is 2.62. The zero-order valence-corrected chi connectivity index (χ0v) is 12.1. The van der Waals surface area contributed by atoms with E-state index in [-0.39, 0.29) is 0 Å². The van der Waals surface area contributed by atoms with Crippen LogP contribution >= 0.6 is 15.9 Å². The van der Waals surface area contributed by atoms with E-state index in [0.717, 1.165) is 24.3 Å². The smallest absolute Gasteiger partial charge is 0.421 e. The average molecular weight is 380 g/mol. The van der Waals surface area contributed by atoms with Crippen LogP contribution in [0.5, 0.6) is 11.5 Å². The zero-order valence-electron chi connectivity index (χ0n) is 10.5. The minimum atomic E-state index is -4.93. The Morgan fingerprint density at radius 1 is 1.09 bits per heavy atom. The summed E-state index contributed by atoms with van der Waals surface area (Å²) in [5.74, 6) is -2.02. The van der Waals surface area contributed by atoms with Crippen LogP contribution in [-0.2, 0) is 6.18 Å². The lowest BCUT2D eigenvalue weighted by Gasteiger charge is -2.15. The summed E-state index contributed by atoms with van der Waals surface area (Å²) in [6.45, 7) is 0. The van der Waals surface area contributed by atoms with Gasteiger partial charge in [0, 0.05) is 6.07 Å². The molecule has 0 atom stereocenters. The summed E-state index contributed by atoms with van der Waals surface area (Å²) in [5.41, 5.74) is -2.15. The topological polar surface area (TPSA) is 52.4 Å². The third-order valence-corrected chi connectivity index (χ3v) is 3.42. The second-order valence-electron chi connectivity index (χ2n) is 4.06. The fraction of sp³-hybridized carbons (Fsp3) is 0.0769. The summed E-state index contributed by atoms with van der Waals surface area (Å²) in [4.78, 5) is 9.77. The predicted octanol–water partition coefficient (Wildman–Crippen LogP) is 5.31. The molecule has 0 unspecified atom stereocenters. The van der Waals surface area contributed by atoms with Gasteiger partial charge in [0.1, 0.15) is 15.8 Å². The maximum absolute atomic E-state index is 13.5. The van der Waals surface area contributed by atoms with Crippen LogP contribution < -0.4 is 4.74 Å². The van der Waals surface area contributed by atoms with Crippen LogP contribution in [0.15, 0.2) is 40.9 Å². The minimum absolute atomic E-state index is 0.422. The largest absolute Gasteiger partial charge is 0.454 e. The predicted molar refractivity (Wildman–Crippen MR) is 72.3 cm³/mol. The van der Waals surface area contributed by atoms with E-state index in [1.165, 1.54) is 12.1 Å². The van der Waals surface area contributed by atoms with Crippen molar-refractivity contribution >= 4 is 21.6 Å². The molecule has 0 bridgehead atoms. The summed E-state index contributed by atoms with van der Waals surface area (Å²) in [6.07, 6.45) is -4.93. The number of rotatable bonds is 3. The minimum Gasteiger partial charge on any atom is -0.454 e. The van der Waals surface area contributed by atoms with Crippen LogP contribution in [-0.4, -0.2) is 4.92 Å². The molecule has 22 heavy (non-hydrogen) atoms. The van der Waals surface area contributed by atoms with E-state index >= 15 is 0 Å². The molecule has 2 rings (SSSR count). The number of alkyl halides is 3. The van der Waals surface area contributed by atoms with E-state index in [2.05, 4.69) is 15.9 Å². The molecule has 0 radical (unpaired) electrons. The highest BCUT2D eigenvalue weighted by molar-refractivity contribution is 9.10. The first-order valence-electron chi connectivity index (χ1n) is 5.68. The van der Waals surface area contributed by atoms with Crippen molar-refractivity contribution in [2.75, 3.05) is 0 Å². The maximum Gasteiger partial charge on any atom is 0.421 e. The van der Waals surface area contributed by atoms with Crippen LogP contribution in [0.4, 0.5) is 23.2 Å². The normalized spacial score (nSPS) is 11.3. The monoisotopic (exact) mass is 379 g/mol. The van der Waals surface area contributed by atoms with E-state index in [1.807, 2.05) is 0 Å². The second-order valence-corrected chi connectivity index (χ2v) is 4.85. The highest BCUT2D eigenvalue weighted by atomic mass is 79.9. The van der Waals surface area contributed by atoms with Gasteiger partial charge in [0.15, 0.2) is 11.6 Å². The summed E-state index contributed by atoms with van der Waals surface area (Å²) in [7, 11) is 0. The van der Waals surface area contributed by atoms with E-state index in [4.69, 9.17) is 4.74 Å². The van der Waals surface area contributed by atoms with Crippen molar-refractivity contribution in [3.63, 3.8) is 0 Å². The molecule has 0 spiro atoms. The Hall–Kier alpha value is -2.16. The summed E-state index contributed by atoms with van der Waals surface area (Å²) in [5, 5.41) is 10.7. The van der Waals surface area contributed by atoms with Gasteiger partial charge in [-0.3, -0.25) is 10.1 Å². The van der Waals surface area contributed by atoms with Gasteiger partial charge in [0.05, 0.1) is 4.92 Å². The van der Waals surface area contributed by atoms with Crippen LogP contribution in [0.2, 0.25) is 0 Å². The first-order valence-corrected chi connectivity index (χ1v) is 6.47. The van der Waals surface area contributed by atoms with Crippen molar-refractivity contribution in [2.24, 2.45) is 0 Å². The van der Waals surface area contributed by atoms with Crippen molar-refractivity contribution in [3.05, 3.63) is 62.4 Å². The second kappa shape index (κ2) is 5.91. The number of nitrogens with zero attached hydrogens (tertiary/aromatic N) is 1. The SMILES string of the molecule is O=[N+]([O-])c1ccc(Oc2ccccc2F)c(C(F)(F)F)c1Br. The van der Waals surface area contributed by atoms with Gasteiger partial charge in [0.25, 0.3) is 5.69 Å². The quantitative estimate of drug-likeness (QED) is 0.412. The number of hydrogen-bond donors (Lipinski definition) is 0. The third kappa shape index (κ3) is 3.19. The molecule has 9 heteroatoms. The number of para-hydroxylation sites is 1. The molecular weight excluding hydrogens is 374 g/mol. The first-order chi connectivity index (χ1) is 10.2. The van der Waals surface area contributed by atoms with Crippen LogP contribution in [0.3, 0.4) is 0 Å². The van der Waals surface area contributed by atoms with Crippen molar-refractivity contribution in [1.82, 2.24) is 0 Å². The molecular formula is C13H6BrF4NO3. The first kappa shape index (κ1) is 16.2. The Labute approximate surface area is 129 Å². The number of benzene rings is 2. The van der Waals surface area contributed by atoms with Gasteiger partial charge in [-0.25, -0.2) is 4.39 Å². The van der Waals surface area contributed by atoms with Crippen molar-refractivity contribution in [2.45, 2.75) is 6.18 Å². The van der Waals surface area contributed by atoms with Crippen molar-refractivity contribution in [1.29, 1.82) is 0 Å². The number of nitro benzene ring substituents is 1. The van der Waals surface area contributed by atoms with Gasteiger partial charge < -0.3 is 4.74 Å². The van der Waals surface area contributed by atoms with E-state index in [1.54, 1.807) is 0 Å². The van der Waals surface area contributed by atoms with Crippen LogP contribution in [0.25, 0.3) is 0 Å². The Bertz CT molecular complexity index is 734. The molecule has 2 aromatic carbocycles. The van der Waals surface area contributed by atoms with Gasteiger partial charge >= 0.3 is 6.18 Å². The standard InChI is InChI=1S/C13H6BrF4NO3/c14-12-8(19(20)21)5-6-10(11(12)13(16,17)18)22-9-4-2-1-3-7(9)15/h1-6H. The molecule has 0 amide bonds. The van der Waals surface area contributed by atoms with Crippen molar-refractivity contribution in [3.8, 4) is 11.5 Å². The lowest BCUT2D eigenvalue weighted by atomic mass is 10.1. The molecule has 0 saturated heterocycles. The molecule has 0 saturated carbocycles. The fourth-order valence-corrected chi connectivity index (χ4v) is 2.38. The lowest BCUT2D eigenvalue weighted by Crippen LogP contribution is -2.10. The van der Waals surface area contributed by atoms with Crippen LogP contribution in [0.1, 0.15) is 5.56 Å².